The van der Waals surface area contributed by atoms with Crippen molar-refractivity contribution in [2.75, 3.05) is 0 Å². The Kier molecular flexibility index (Phi) is 6.36. The summed E-state index contributed by atoms with van der Waals surface area (Å²) in [6.45, 7) is 11.9. The fourth-order valence-corrected chi connectivity index (χ4v) is 5.74. The van der Waals surface area contributed by atoms with Gasteiger partial charge in [0, 0.05) is 12.1 Å². The summed E-state index contributed by atoms with van der Waals surface area (Å²) >= 11 is 0. The summed E-state index contributed by atoms with van der Waals surface area (Å²) in [5, 5.41) is 0. The molecule has 0 amide bonds. The monoisotopic (exact) mass is 308 g/mol. The van der Waals surface area contributed by atoms with Gasteiger partial charge in [0.1, 0.15) is 0 Å². The summed E-state index contributed by atoms with van der Waals surface area (Å²) in [6.07, 6.45) is 8.12. The largest absolute Gasteiger partial charge is 0.327 e. The van der Waals surface area contributed by atoms with Crippen LogP contribution in [0.1, 0.15) is 73.1 Å². The van der Waals surface area contributed by atoms with Crippen LogP contribution in [-0.4, -0.2) is 12.1 Å². The van der Waals surface area contributed by atoms with Crippen molar-refractivity contribution in [3.8, 4) is 0 Å². The van der Waals surface area contributed by atoms with Gasteiger partial charge in [0.25, 0.3) is 0 Å². The van der Waals surface area contributed by atoms with Gasteiger partial charge >= 0.3 is 0 Å². The van der Waals surface area contributed by atoms with Crippen LogP contribution >= 0.6 is 0 Å². The quantitative estimate of drug-likeness (QED) is 0.807. The third kappa shape index (κ3) is 3.87. The van der Waals surface area contributed by atoms with E-state index in [1.165, 1.54) is 38.5 Å². The van der Waals surface area contributed by atoms with Crippen molar-refractivity contribution in [3.63, 3.8) is 0 Å². The maximum Gasteiger partial charge on any atom is 0.00905 e. The van der Waals surface area contributed by atoms with Gasteiger partial charge in [0.15, 0.2) is 0 Å². The molecule has 0 aliphatic heterocycles. The molecule has 2 fully saturated rings. The molecule has 4 N–H and O–H groups in total. The van der Waals surface area contributed by atoms with E-state index in [4.69, 9.17) is 11.5 Å². The molecule has 0 aromatic carbocycles. The third-order valence-corrected chi connectivity index (χ3v) is 7.16. The second kappa shape index (κ2) is 7.66. The van der Waals surface area contributed by atoms with Crippen LogP contribution in [0, 0.1) is 41.4 Å². The van der Waals surface area contributed by atoms with Gasteiger partial charge in [0.05, 0.1) is 0 Å². The topological polar surface area (TPSA) is 52.0 Å². The number of rotatable bonds is 4. The molecule has 0 saturated heterocycles. The maximum absolute atomic E-state index is 6.38. The first-order valence-corrected chi connectivity index (χ1v) is 9.86. The Balaban J connectivity index is 2.09. The molecule has 2 aliphatic carbocycles. The highest BCUT2D eigenvalue weighted by molar-refractivity contribution is 4.93. The Bertz CT molecular complexity index is 289. The van der Waals surface area contributed by atoms with Gasteiger partial charge in [-0.2, -0.15) is 0 Å². The van der Waals surface area contributed by atoms with Crippen LogP contribution in [0.25, 0.3) is 0 Å². The third-order valence-electron chi connectivity index (χ3n) is 7.16. The summed E-state index contributed by atoms with van der Waals surface area (Å²) in [5.74, 6) is 5.44. The lowest BCUT2D eigenvalue weighted by Gasteiger charge is -2.47. The average molecular weight is 309 g/mol. The molecule has 0 heterocycles. The van der Waals surface area contributed by atoms with E-state index in [1.807, 2.05) is 0 Å². The van der Waals surface area contributed by atoms with Gasteiger partial charge in [-0.1, -0.05) is 47.5 Å². The fraction of sp³-hybridized carbons (Fsp3) is 1.00. The zero-order chi connectivity index (χ0) is 16.4. The van der Waals surface area contributed by atoms with Gasteiger partial charge in [-0.3, -0.25) is 0 Å². The Morgan fingerprint density at radius 3 is 1.32 bits per heavy atom. The van der Waals surface area contributed by atoms with Gasteiger partial charge in [-0.25, -0.2) is 0 Å². The van der Waals surface area contributed by atoms with Crippen LogP contribution in [0.5, 0.6) is 0 Å². The van der Waals surface area contributed by atoms with Gasteiger partial charge in [-0.15, -0.1) is 0 Å². The van der Waals surface area contributed by atoms with E-state index in [9.17, 15) is 0 Å². The molecular formula is C20H40N2. The fourth-order valence-electron chi connectivity index (χ4n) is 5.74. The lowest BCUT2D eigenvalue weighted by Crippen LogP contribution is -2.46. The summed E-state index contributed by atoms with van der Waals surface area (Å²) in [4.78, 5) is 0. The van der Waals surface area contributed by atoms with Crippen LogP contribution in [0.4, 0.5) is 0 Å². The zero-order valence-electron chi connectivity index (χ0n) is 15.6. The minimum absolute atomic E-state index is 0.413. The molecular weight excluding hydrogens is 268 g/mol. The summed E-state index contributed by atoms with van der Waals surface area (Å²) < 4.78 is 0. The molecule has 0 bridgehead atoms. The van der Waals surface area contributed by atoms with Crippen LogP contribution in [0.2, 0.25) is 0 Å². The van der Waals surface area contributed by atoms with Crippen molar-refractivity contribution in [3.05, 3.63) is 0 Å². The molecule has 4 atom stereocenters. The highest BCUT2D eigenvalue weighted by Crippen LogP contribution is 2.46. The number of nitrogens with two attached hydrogens (primary N) is 2. The van der Waals surface area contributed by atoms with Crippen molar-refractivity contribution >= 4 is 0 Å². The predicted molar refractivity (Wildman–Crippen MR) is 96.5 cm³/mol. The summed E-state index contributed by atoms with van der Waals surface area (Å²) in [7, 11) is 0. The molecule has 2 saturated carbocycles. The van der Waals surface area contributed by atoms with Crippen molar-refractivity contribution in [2.45, 2.75) is 85.2 Å². The second-order valence-electron chi connectivity index (χ2n) is 8.98. The Morgan fingerprint density at radius 1 is 0.727 bits per heavy atom. The molecule has 0 aromatic rings. The van der Waals surface area contributed by atoms with E-state index < -0.39 is 0 Å². The molecule has 2 rings (SSSR count). The molecule has 0 aromatic heterocycles. The molecule has 2 aliphatic rings. The van der Waals surface area contributed by atoms with E-state index in [0.717, 1.165) is 17.8 Å². The highest BCUT2D eigenvalue weighted by atomic mass is 14.7. The Labute approximate surface area is 138 Å². The first-order valence-electron chi connectivity index (χ1n) is 9.86. The summed E-state index contributed by atoms with van der Waals surface area (Å²) in [6, 6.07) is 0.826. The first kappa shape index (κ1) is 18.3. The highest BCUT2D eigenvalue weighted by Gasteiger charge is 2.40. The van der Waals surface area contributed by atoms with Crippen molar-refractivity contribution in [1.82, 2.24) is 0 Å². The van der Waals surface area contributed by atoms with Crippen LogP contribution in [0.15, 0.2) is 0 Å². The smallest absolute Gasteiger partial charge is 0.00905 e. The molecule has 2 nitrogen and oxygen atoms in total. The van der Waals surface area contributed by atoms with E-state index in [2.05, 4.69) is 34.6 Å². The zero-order valence-corrected chi connectivity index (χ0v) is 15.6. The van der Waals surface area contributed by atoms with Gasteiger partial charge < -0.3 is 11.5 Å². The average Bonchev–Trinajstić information content (AvgIpc) is 2.47. The number of hydrogen-bond donors (Lipinski definition) is 2. The minimum atomic E-state index is 0.413. The van der Waals surface area contributed by atoms with E-state index in [0.29, 0.717) is 35.8 Å². The van der Waals surface area contributed by atoms with Crippen LogP contribution < -0.4 is 11.5 Å². The van der Waals surface area contributed by atoms with Gasteiger partial charge in [-0.05, 0) is 67.1 Å². The van der Waals surface area contributed by atoms with Crippen molar-refractivity contribution in [2.24, 2.45) is 52.9 Å². The molecule has 4 unspecified atom stereocenters. The SMILES string of the molecule is CCCC(C1CC(C)C(N)C(C)C1)C1CC(C)C(N)C(C)C1. The molecule has 0 radical (unpaired) electrons. The lowest BCUT2D eigenvalue weighted by molar-refractivity contribution is 0.0526. The van der Waals surface area contributed by atoms with Crippen molar-refractivity contribution in [1.29, 1.82) is 0 Å². The molecule has 2 heteroatoms. The first-order chi connectivity index (χ1) is 10.3. The Hall–Kier alpha value is -0.0800. The number of hydrogen-bond acceptors (Lipinski definition) is 2. The predicted octanol–water partition coefficient (Wildman–Crippen LogP) is 4.42. The lowest BCUT2D eigenvalue weighted by atomic mass is 9.60. The second-order valence-corrected chi connectivity index (χ2v) is 8.98. The standard InChI is InChI=1S/C20H40N2/c1-6-7-18(16-8-12(2)19(21)13(3)9-16)17-10-14(4)20(22)15(5)11-17/h12-20H,6-11,21-22H2,1-5H3. The van der Waals surface area contributed by atoms with Gasteiger partial charge in [0.2, 0.25) is 0 Å². The molecule has 130 valence electrons. The minimum Gasteiger partial charge on any atom is -0.327 e. The maximum atomic E-state index is 6.38. The molecule has 0 spiro atoms. The van der Waals surface area contributed by atoms with Crippen LogP contribution in [-0.2, 0) is 0 Å². The van der Waals surface area contributed by atoms with E-state index >= 15 is 0 Å². The summed E-state index contributed by atoms with van der Waals surface area (Å²) in [5.41, 5.74) is 12.8. The van der Waals surface area contributed by atoms with E-state index in [-0.39, 0.29) is 0 Å². The van der Waals surface area contributed by atoms with E-state index in [1.54, 1.807) is 0 Å². The Morgan fingerprint density at radius 2 is 1.05 bits per heavy atom. The molecule has 22 heavy (non-hydrogen) atoms. The van der Waals surface area contributed by atoms with Crippen LogP contribution in [0.3, 0.4) is 0 Å². The van der Waals surface area contributed by atoms with Crippen molar-refractivity contribution < 1.29 is 0 Å². The normalized spacial score (nSPS) is 48.1.